The van der Waals surface area contributed by atoms with Gasteiger partial charge in [-0.15, -0.1) is 0 Å². The fourth-order valence-corrected chi connectivity index (χ4v) is 15.2. The quantitative estimate of drug-likeness (QED) is 0.0127. The first kappa shape index (κ1) is 105. The molecule has 3 fully saturated rings. The van der Waals surface area contributed by atoms with Gasteiger partial charge in [-0.1, -0.05) is 73.6 Å². The molecule has 3 saturated heterocycles. The topological polar surface area (TPSA) is 678 Å². The van der Waals surface area contributed by atoms with E-state index in [0.29, 0.717) is 48.6 Å². The third-order valence-corrected chi connectivity index (χ3v) is 22.1. The number of nitrogens with zero attached hydrogens (tertiary/aromatic N) is 4. The van der Waals surface area contributed by atoms with Crippen molar-refractivity contribution in [3.05, 3.63) is 36.0 Å². The first-order chi connectivity index (χ1) is 58.8. The monoisotopic (exact) mass is 1780 g/mol. The predicted octanol–water partition coefficient (Wildman–Crippen LogP) is -5.32. The minimum Gasteiger partial charge on any atom is -0.481 e. The number of hydrogen-bond donors (Lipinski definition) is 23. The molecule has 698 valence electrons. The average Bonchev–Trinajstić information content (AvgIpc) is 1.67. The highest BCUT2D eigenvalue weighted by Crippen LogP contribution is 2.28. The largest absolute Gasteiger partial charge is 0.481 e. The van der Waals surface area contributed by atoms with Crippen molar-refractivity contribution >= 4 is 130 Å². The number of fused-ring (bicyclic) bond motifs is 1. The van der Waals surface area contributed by atoms with Gasteiger partial charge in [-0.25, -0.2) is 4.79 Å². The zero-order valence-electron chi connectivity index (χ0n) is 72.9. The summed E-state index contributed by atoms with van der Waals surface area (Å²) >= 11 is 4.34. The van der Waals surface area contributed by atoms with Gasteiger partial charge in [0.2, 0.25) is 88.6 Å². The van der Waals surface area contributed by atoms with Crippen LogP contribution in [0.5, 0.6) is 0 Å². The number of likely N-dealkylation sites (tertiary alicyclic amines) is 3. The fourth-order valence-electron chi connectivity index (χ4n) is 15.0. The number of unbranched alkanes of at least 4 members (excludes halogenated alkanes) is 1. The SMILES string of the molecule is CC(C)C[C@H](NC(=O)[C@H](CCCN=C(N)N)NC(=O)[C@@H](NC(=O)[C@@H]1CCCN1C(=O)[C@H](CS)NC(=O)[C@@H](NC(=O)[C@H](CCCCN)NC(=O)[C@H](C)NC(=O)[C@@H](N)CC(C)C)[C@@H](C)O)C(C)C)C(=O)N[C@@H](Cc1c[nH]c2ccccc12)C(=O)N[C@H](C(=O)N[C@@H](CC(=O)O)C(=O)N[C@@H](CO)C(=O)N[C@H](C(=O)N1CCC[C@H]1C(=O)N1CCC[C@H]1C(=O)O)[C@@H](C)O)C(C)C. The minimum absolute atomic E-state index is 0.0114. The molecule has 2 aromatic rings. The number of guanidine groups is 1. The van der Waals surface area contributed by atoms with Gasteiger partial charge in [-0.05, 0) is 146 Å². The van der Waals surface area contributed by atoms with Crippen LogP contribution in [0.4, 0.5) is 0 Å². The molecule has 125 heavy (non-hydrogen) atoms. The van der Waals surface area contributed by atoms with E-state index in [4.69, 9.17) is 22.9 Å². The van der Waals surface area contributed by atoms with Crippen molar-refractivity contribution in [2.24, 2.45) is 51.6 Å². The maximum atomic E-state index is 15.0. The van der Waals surface area contributed by atoms with Crippen LogP contribution in [0.15, 0.2) is 35.5 Å². The maximum Gasteiger partial charge on any atom is 0.326 e. The molecule has 1 aromatic heterocycles. The van der Waals surface area contributed by atoms with Crippen molar-refractivity contribution in [2.75, 3.05) is 45.1 Å². The number of carbonyl (C=O) groups excluding carboxylic acids is 15. The van der Waals surface area contributed by atoms with E-state index in [0.717, 1.165) is 16.7 Å². The number of hydrogen-bond acceptors (Lipinski definition) is 24. The lowest BCUT2D eigenvalue weighted by Crippen LogP contribution is -2.63. The molecular formula is C81H131N21O22S. The summed E-state index contributed by atoms with van der Waals surface area (Å²) in [4.78, 5) is 248. The number of H-pyrrole nitrogens is 1. The summed E-state index contributed by atoms with van der Waals surface area (Å²) in [6.07, 6.45) is -0.773. The molecule has 43 nitrogen and oxygen atoms in total. The molecule has 3 aliphatic rings. The lowest BCUT2D eigenvalue weighted by Gasteiger charge is -2.33. The number of rotatable bonds is 50. The van der Waals surface area contributed by atoms with Crippen LogP contribution in [0.1, 0.15) is 172 Å². The Bertz CT molecular complexity index is 4120. The highest BCUT2D eigenvalue weighted by Gasteiger charge is 2.47. The van der Waals surface area contributed by atoms with E-state index in [1.807, 2.05) is 13.8 Å². The third-order valence-electron chi connectivity index (χ3n) is 21.8. The smallest absolute Gasteiger partial charge is 0.326 e. The first-order valence-corrected chi connectivity index (χ1v) is 43.1. The van der Waals surface area contributed by atoms with Crippen LogP contribution in [-0.2, 0) is 87.9 Å². The van der Waals surface area contributed by atoms with Crippen LogP contribution in [0.3, 0.4) is 0 Å². The Morgan fingerprint density at radius 2 is 0.960 bits per heavy atom. The van der Waals surface area contributed by atoms with E-state index in [9.17, 15) is 97.5 Å². The predicted molar refractivity (Wildman–Crippen MR) is 459 cm³/mol. The molecular weight excluding hydrogens is 1650 g/mol. The van der Waals surface area contributed by atoms with E-state index < -0.39 is 234 Å². The van der Waals surface area contributed by atoms with Gasteiger partial charge in [0.05, 0.1) is 31.3 Å². The molecule has 1 aromatic carbocycles. The van der Waals surface area contributed by atoms with Crippen LogP contribution in [-0.4, -0.2) is 306 Å². The van der Waals surface area contributed by atoms with Crippen molar-refractivity contribution in [1.29, 1.82) is 0 Å². The van der Waals surface area contributed by atoms with E-state index in [1.54, 1.807) is 58.2 Å². The fraction of sp³-hybridized carbons (Fsp3) is 0.679. The molecule has 18 atom stereocenters. The third kappa shape index (κ3) is 31.4. The number of aliphatic hydroxyl groups excluding tert-OH is 3. The molecule has 0 aliphatic carbocycles. The van der Waals surface area contributed by atoms with Gasteiger partial charge in [0.15, 0.2) is 5.96 Å². The summed E-state index contributed by atoms with van der Waals surface area (Å²) in [6, 6.07) is -16.6. The van der Waals surface area contributed by atoms with Crippen molar-refractivity contribution in [1.82, 2.24) is 83.5 Å². The molecule has 0 bridgehead atoms. The van der Waals surface area contributed by atoms with E-state index in [-0.39, 0.29) is 114 Å². The number of para-hydroxylation sites is 1. The second-order valence-electron chi connectivity index (χ2n) is 33.6. The second-order valence-corrected chi connectivity index (χ2v) is 34.0. The number of aliphatic hydroxyl groups is 3. The Morgan fingerprint density at radius 1 is 0.496 bits per heavy atom. The molecule has 26 N–H and O–H groups in total. The summed E-state index contributed by atoms with van der Waals surface area (Å²) in [7, 11) is 0. The van der Waals surface area contributed by atoms with Crippen molar-refractivity contribution in [3.63, 3.8) is 0 Å². The highest BCUT2D eigenvalue weighted by molar-refractivity contribution is 7.80. The lowest BCUT2D eigenvalue weighted by molar-refractivity contribution is -0.153. The molecule has 3 aliphatic heterocycles. The highest BCUT2D eigenvalue weighted by atomic mass is 32.1. The van der Waals surface area contributed by atoms with Crippen molar-refractivity contribution in [2.45, 2.75) is 281 Å². The number of aliphatic carboxylic acids is 2. The second kappa shape index (κ2) is 50.3. The van der Waals surface area contributed by atoms with Gasteiger partial charge < -0.3 is 132 Å². The Labute approximate surface area is 731 Å². The molecule has 4 heterocycles. The Morgan fingerprint density at radius 3 is 1.52 bits per heavy atom. The summed E-state index contributed by atoms with van der Waals surface area (Å²) < 4.78 is 0. The number of aromatic amines is 1. The van der Waals surface area contributed by atoms with Gasteiger partial charge in [0.25, 0.3) is 0 Å². The Kier molecular flexibility index (Phi) is 42.2. The number of carboxylic acid groups (broad SMARTS) is 2. The van der Waals surface area contributed by atoms with Gasteiger partial charge in [0, 0.05) is 55.5 Å². The number of amides is 15. The van der Waals surface area contributed by atoms with Gasteiger partial charge >= 0.3 is 11.9 Å². The molecule has 15 amide bonds. The van der Waals surface area contributed by atoms with Gasteiger partial charge in [0.1, 0.15) is 90.6 Å². The van der Waals surface area contributed by atoms with E-state index in [1.165, 1.54) is 32.6 Å². The van der Waals surface area contributed by atoms with E-state index >= 15 is 9.59 Å². The number of carbonyl (C=O) groups is 17. The molecule has 0 saturated carbocycles. The molecule has 0 unspecified atom stereocenters. The lowest BCUT2D eigenvalue weighted by atomic mass is 9.98. The number of aromatic nitrogens is 1. The number of thiol groups is 1. The van der Waals surface area contributed by atoms with Crippen LogP contribution < -0.4 is 86.7 Å². The number of aliphatic imine (C=N–C) groups is 1. The van der Waals surface area contributed by atoms with Crippen LogP contribution in [0, 0.1) is 23.7 Å². The van der Waals surface area contributed by atoms with Crippen molar-refractivity contribution < 1.29 is 107 Å². The summed E-state index contributed by atoms with van der Waals surface area (Å²) in [5.41, 5.74) is 24.1. The van der Waals surface area contributed by atoms with Gasteiger partial charge in [-0.2, -0.15) is 12.6 Å². The molecule has 44 heteroatoms. The summed E-state index contributed by atoms with van der Waals surface area (Å²) in [5.74, 6) is -19.4. The molecule has 0 spiro atoms. The van der Waals surface area contributed by atoms with Crippen LogP contribution >= 0.6 is 12.6 Å². The zero-order valence-corrected chi connectivity index (χ0v) is 73.8. The Balaban J connectivity index is 1.34. The normalized spacial score (nSPS) is 18.8. The number of nitrogens with one attached hydrogen (secondary N) is 13. The average molecular weight is 1780 g/mol. The summed E-state index contributed by atoms with van der Waals surface area (Å²) in [6.45, 7) is 16.2. The van der Waals surface area contributed by atoms with Crippen LogP contribution in [0.25, 0.3) is 10.9 Å². The molecule has 5 rings (SSSR count). The standard InChI is InChI=1S/C81H131N21O22S/c1-39(2)32-48(83)66(109)88-43(9)65(108)89-50(22-14-15-27-82)68(111)98-63(44(10)104)76(119)95-56(38-125)77(120)100-29-17-24-57(100)73(116)97-62(42(7)8)74(117)90-51(23-16-28-86-81(84)85)67(110)91-52(33-40(3)4)69(112)92-53(34-46-36-87-49-21-13-12-20-47(46)49)71(114)96-61(41(5)6)75(118)93-54(35-60(106)107)70(113)94-55(37-103)72(115)99-64(45(11)105)79(122)101-30-18-25-58(101)78(121)102-31-19-26-59(102)80(123)124/h12-13,20-21,36,39-45,48,50-59,61-64,87,103-105,125H,14-19,22-35,37-38,82-83H2,1-11H3,(H,88,109)(H,89,108)(H,90,117)(H,91,110)(H,92,112)(H,93,118)(H,94,113)(H,95,119)(H,96,114)(H,97,116)(H,98,111)(H,99,115)(H,106,107)(H,123,124)(H4,84,85,86)/t43-,44+,45+,48-,50-,51-,52-,53-,54-,55-,56-,57-,58-,59-,61-,62-,63-,64-/m0/s1. The van der Waals surface area contributed by atoms with E-state index in [2.05, 4.69) is 86.4 Å². The van der Waals surface area contributed by atoms with Gasteiger partial charge in [-0.3, -0.25) is 81.7 Å². The zero-order chi connectivity index (χ0) is 93.5. The summed E-state index contributed by atoms with van der Waals surface area (Å²) in [5, 5.41) is 83.0. The molecule has 0 radical (unpaired) electrons. The number of nitrogens with two attached hydrogens (primary N) is 4. The maximum absolute atomic E-state index is 15.0. The van der Waals surface area contributed by atoms with Crippen molar-refractivity contribution in [3.8, 4) is 0 Å². The Hall–Kier alpha value is -10.8. The number of carboxylic acids is 2. The minimum atomic E-state index is -2.04. The first-order valence-electron chi connectivity index (χ1n) is 42.5. The van der Waals surface area contributed by atoms with Crippen LogP contribution in [0.2, 0.25) is 0 Å². The number of benzene rings is 1.